The Balaban J connectivity index is 2.18. The molecule has 1 aliphatic carbocycles. The third-order valence-corrected chi connectivity index (χ3v) is 5.19. The van der Waals surface area contributed by atoms with E-state index in [2.05, 4.69) is 0 Å². The Hall–Kier alpha value is -2.20. The lowest BCUT2D eigenvalue weighted by Crippen LogP contribution is -2.29. The van der Waals surface area contributed by atoms with Crippen molar-refractivity contribution in [2.45, 2.75) is 33.6 Å². The highest BCUT2D eigenvalue weighted by Gasteiger charge is 2.36. The number of nitrogens with zero attached hydrogens (tertiary/aromatic N) is 1. The zero-order valence-corrected chi connectivity index (χ0v) is 15.0. The highest BCUT2D eigenvalue weighted by Crippen LogP contribution is 2.38. The fourth-order valence-electron chi connectivity index (χ4n) is 3.02. The Morgan fingerprint density at radius 2 is 1.88 bits per heavy atom. The number of aliphatic hydroxyl groups is 1. The molecule has 0 spiro atoms. The van der Waals surface area contributed by atoms with Gasteiger partial charge >= 0.3 is 0 Å². The highest BCUT2D eigenvalue weighted by molar-refractivity contribution is 7.12. The molecule has 1 aromatic carbocycles. The van der Waals surface area contributed by atoms with Crippen LogP contribution in [0.25, 0.3) is 0 Å². The first-order chi connectivity index (χ1) is 11.4. The van der Waals surface area contributed by atoms with E-state index in [1.165, 1.54) is 0 Å². The van der Waals surface area contributed by atoms with Gasteiger partial charge in [0.2, 0.25) is 0 Å². The number of aliphatic hydroxyl groups excluding tert-OH is 1. The molecule has 1 aromatic heterocycles. The third-order valence-electron chi connectivity index (χ3n) is 4.16. The summed E-state index contributed by atoms with van der Waals surface area (Å²) >= 11 is 1.55. The van der Waals surface area contributed by atoms with Crippen molar-refractivity contribution < 1.29 is 9.90 Å². The second-order valence-corrected chi connectivity index (χ2v) is 7.91. The Bertz CT molecular complexity index is 828. The van der Waals surface area contributed by atoms with E-state index in [9.17, 15) is 9.90 Å². The van der Waals surface area contributed by atoms with Gasteiger partial charge in [0.05, 0.1) is 21.8 Å². The summed E-state index contributed by atoms with van der Waals surface area (Å²) in [6.07, 6.45) is 0.914. The first kappa shape index (κ1) is 16.7. The van der Waals surface area contributed by atoms with Crippen LogP contribution in [0.15, 0.2) is 58.1 Å². The molecule has 0 bridgehead atoms. The number of aliphatic imine (C=N–C) groups is 1. The minimum atomic E-state index is -0.215. The number of hydrogen-bond acceptors (Lipinski definition) is 4. The monoisotopic (exact) mass is 339 g/mol. The summed E-state index contributed by atoms with van der Waals surface area (Å²) in [6, 6.07) is 11.6. The van der Waals surface area contributed by atoms with Crippen molar-refractivity contribution in [1.82, 2.24) is 0 Å². The molecule has 4 heteroatoms. The largest absolute Gasteiger partial charge is 0.511 e. The average molecular weight is 339 g/mol. The predicted molar refractivity (Wildman–Crippen MR) is 99.4 cm³/mol. The highest BCUT2D eigenvalue weighted by atomic mass is 32.1. The molecule has 24 heavy (non-hydrogen) atoms. The van der Waals surface area contributed by atoms with Crippen molar-refractivity contribution in [2.75, 3.05) is 0 Å². The molecule has 1 heterocycles. The molecule has 3 rings (SSSR count). The third kappa shape index (κ3) is 3.34. The van der Waals surface area contributed by atoms with Crippen molar-refractivity contribution in [3.8, 4) is 0 Å². The van der Waals surface area contributed by atoms with Crippen LogP contribution in [0.5, 0.6) is 0 Å². The quantitative estimate of drug-likeness (QED) is 0.763. The number of thiophene rings is 1. The molecule has 1 N–H and O–H groups in total. The number of allylic oxidation sites excluding steroid dienone is 2. The zero-order chi connectivity index (χ0) is 17.3. The molecule has 0 atom stereocenters. The Kier molecular flexibility index (Phi) is 4.41. The molecule has 3 nitrogen and oxygen atoms in total. The van der Waals surface area contributed by atoms with Gasteiger partial charge in [0.25, 0.3) is 0 Å². The smallest absolute Gasteiger partial charge is 0.169 e. The summed E-state index contributed by atoms with van der Waals surface area (Å²) in [7, 11) is 0. The van der Waals surface area contributed by atoms with Crippen LogP contribution in [-0.4, -0.2) is 16.6 Å². The van der Waals surface area contributed by atoms with Crippen LogP contribution in [0, 0.1) is 12.3 Å². The summed E-state index contributed by atoms with van der Waals surface area (Å²) in [6.45, 7) is 6.01. The van der Waals surface area contributed by atoms with E-state index in [1.54, 1.807) is 11.3 Å². The SMILES string of the molecule is Cc1ccsc1C(=Nc1ccccc1)C1=C(O)CC(C)(C)CC1=O. The van der Waals surface area contributed by atoms with Crippen molar-refractivity contribution >= 4 is 28.5 Å². The maximum atomic E-state index is 12.8. The molecule has 0 saturated heterocycles. The minimum Gasteiger partial charge on any atom is -0.511 e. The number of benzene rings is 1. The molecule has 0 amide bonds. The zero-order valence-electron chi connectivity index (χ0n) is 14.2. The summed E-state index contributed by atoms with van der Waals surface area (Å²) in [4.78, 5) is 18.4. The first-order valence-corrected chi connectivity index (χ1v) is 8.89. The summed E-state index contributed by atoms with van der Waals surface area (Å²) in [5, 5.41) is 12.6. The molecule has 1 aliphatic rings. The Morgan fingerprint density at radius 1 is 1.17 bits per heavy atom. The lowest BCUT2D eigenvalue weighted by Gasteiger charge is -2.30. The standard InChI is InChI=1S/C20H21NO2S/c1-13-9-10-24-19(13)18(21-14-7-5-4-6-8-14)17-15(22)11-20(2,3)12-16(17)23/h4-10,22H,11-12H2,1-3H3. The van der Waals surface area contributed by atoms with E-state index in [1.807, 2.05) is 62.5 Å². The molecule has 0 fully saturated rings. The van der Waals surface area contributed by atoms with Crippen molar-refractivity contribution in [3.63, 3.8) is 0 Å². The Labute approximate surface area is 146 Å². The van der Waals surface area contributed by atoms with Crippen molar-refractivity contribution in [3.05, 3.63) is 63.6 Å². The van der Waals surface area contributed by atoms with Crippen LogP contribution >= 0.6 is 11.3 Å². The maximum Gasteiger partial charge on any atom is 0.169 e. The van der Waals surface area contributed by atoms with E-state index >= 15 is 0 Å². The Morgan fingerprint density at radius 3 is 2.46 bits per heavy atom. The van der Waals surface area contributed by atoms with Gasteiger partial charge in [-0.15, -0.1) is 11.3 Å². The van der Waals surface area contributed by atoms with Gasteiger partial charge in [0.15, 0.2) is 5.78 Å². The number of ketones is 1. The van der Waals surface area contributed by atoms with E-state index < -0.39 is 0 Å². The van der Waals surface area contributed by atoms with Crippen LogP contribution in [-0.2, 0) is 4.79 Å². The van der Waals surface area contributed by atoms with Gasteiger partial charge < -0.3 is 5.11 Å². The molecule has 0 aliphatic heterocycles. The fourth-order valence-corrected chi connectivity index (χ4v) is 3.95. The molecular formula is C20H21NO2S. The van der Waals surface area contributed by atoms with E-state index in [4.69, 9.17) is 4.99 Å². The van der Waals surface area contributed by atoms with Gasteiger partial charge in [-0.05, 0) is 41.5 Å². The van der Waals surface area contributed by atoms with Gasteiger partial charge in [-0.3, -0.25) is 4.79 Å². The van der Waals surface area contributed by atoms with Crippen molar-refractivity contribution in [1.29, 1.82) is 0 Å². The lowest BCUT2D eigenvalue weighted by molar-refractivity contribution is -0.117. The number of Topliss-reactive ketones (excluding diaryl/α,β-unsaturated/α-hetero) is 1. The van der Waals surface area contributed by atoms with Crippen LogP contribution in [0.3, 0.4) is 0 Å². The molecule has 0 saturated carbocycles. The van der Waals surface area contributed by atoms with E-state index in [0.29, 0.717) is 24.1 Å². The average Bonchev–Trinajstić information content (AvgIpc) is 2.91. The van der Waals surface area contributed by atoms with E-state index in [0.717, 1.165) is 16.1 Å². The maximum absolute atomic E-state index is 12.8. The summed E-state index contributed by atoms with van der Waals surface area (Å²) in [5.74, 6) is 0.116. The molecule has 124 valence electrons. The molecule has 2 aromatic rings. The van der Waals surface area contributed by atoms with Gasteiger partial charge in [-0.2, -0.15) is 0 Å². The molecular weight excluding hydrogens is 318 g/mol. The first-order valence-electron chi connectivity index (χ1n) is 8.01. The second kappa shape index (κ2) is 6.36. The minimum absolute atomic E-state index is 0.0359. The summed E-state index contributed by atoms with van der Waals surface area (Å²) < 4.78 is 0. The summed E-state index contributed by atoms with van der Waals surface area (Å²) in [5.41, 5.74) is 2.59. The number of para-hydroxylation sites is 1. The number of carbonyl (C=O) groups is 1. The second-order valence-electron chi connectivity index (χ2n) is 6.99. The lowest BCUT2D eigenvalue weighted by atomic mass is 9.75. The predicted octanol–water partition coefficient (Wildman–Crippen LogP) is 5.38. The van der Waals surface area contributed by atoms with Crippen LogP contribution in [0.4, 0.5) is 5.69 Å². The number of aryl methyl sites for hydroxylation is 1. The number of hydrogen-bond donors (Lipinski definition) is 1. The fraction of sp³-hybridized carbons (Fsp3) is 0.300. The molecule has 0 radical (unpaired) electrons. The number of rotatable bonds is 3. The van der Waals surface area contributed by atoms with Gasteiger partial charge in [-0.1, -0.05) is 32.0 Å². The van der Waals surface area contributed by atoms with Crippen LogP contribution in [0.1, 0.15) is 37.1 Å². The van der Waals surface area contributed by atoms with Crippen LogP contribution < -0.4 is 0 Å². The van der Waals surface area contributed by atoms with Gasteiger partial charge in [0.1, 0.15) is 5.76 Å². The number of carbonyl (C=O) groups excluding carboxylic acids is 1. The topological polar surface area (TPSA) is 49.7 Å². The van der Waals surface area contributed by atoms with Gasteiger partial charge in [0, 0.05) is 12.8 Å². The van der Waals surface area contributed by atoms with Crippen molar-refractivity contribution in [2.24, 2.45) is 10.4 Å². The normalized spacial score (nSPS) is 18.1. The van der Waals surface area contributed by atoms with Crippen LogP contribution in [0.2, 0.25) is 0 Å². The van der Waals surface area contributed by atoms with Gasteiger partial charge in [-0.25, -0.2) is 4.99 Å². The van der Waals surface area contributed by atoms with E-state index in [-0.39, 0.29) is 17.0 Å². The molecule has 0 unspecified atom stereocenters.